The van der Waals surface area contributed by atoms with Crippen molar-refractivity contribution in [2.45, 2.75) is 12.5 Å². The molecule has 178 valence electrons. The second-order valence-corrected chi connectivity index (χ2v) is 8.86. The van der Waals surface area contributed by atoms with Gasteiger partial charge in [-0.15, -0.1) is 0 Å². The Morgan fingerprint density at radius 2 is 1.81 bits per heavy atom. The van der Waals surface area contributed by atoms with Gasteiger partial charge in [0.15, 0.2) is 0 Å². The first-order valence-corrected chi connectivity index (χ1v) is 11.4. The number of nitrogens with zero attached hydrogens (tertiary/aromatic N) is 2. The lowest BCUT2D eigenvalue weighted by Gasteiger charge is -2.26. The summed E-state index contributed by atoms with van der Waals surface area (Å²) in [5.74, 6) is -0.733. The van der Waals surface area contributed by atoms with E-state index in [9.17, 15) is 14.0 Å². The van der Waals surface area contributed by atoms with Crippen molar-refractivity contribution in [2.24, 2.45) is 0 Å². The van der Waals surface area contributed by atoms with Gasteiger partial charge in [-0.1, -0.05) is 18.2 Å². The van der Waals surface area contributed by atoms with Crippen molar-refractivity contribution in [2.75, 3.05) is 12.0 Å². The van der Waals surface area contributed by atoms with Gasteiger partial charge in [0.1, 0.15) is 22.8 Å². The second-order valence-electron chi connectivity index (χ2n) is 8.86. The Labute approximate surface area is 205 Å². The average molecular weight is 480 g/mol. The van der Waals surface area contributed by atoms with Crippen LogP contribution in [0.3, 0.4) is 0 Å². The molecule has 36 heavy (non-hydrogen) atoms. The van der Waals surface area contributed by atoms with E-state index in [1.807, 2.05) is 24.3 Å². The molecule has 1 unspecified atom stereocenters. The summed E-state index contributed by atoms with van der Waals surface area (Å²) in [6.45, 7) is 1.65. The Hall–Kier alpha value is -4.72. The fourth-order valence-corrected chi connectivity index (χ4v) is 4.82. The van der Waals surface area contributed by atoms with Crippen molar-refractivity contribution in [1.29, 1.82) is 0 Å². The normalized spacial score (nSPS) is 17.0. The average Bonchev–Trinajstić information content (AvgIpc) is 3.37. The number of fused-ring (bicyclic) bond motifs is 4. The Kier molecular flexibility index (Phi) is 4.79. The van der Waals surface area contributed by atoms with Crippen LogP contribution < -0.4 is 15.0 Å². The molecule has 0 bridgehead atoms. The smallest absolute Gasteiger partial charge is 0.271 e. The van der Waals surface area contributed by atoms with Gasteiger partial charge < -0.3 is 15.0 Å². The van der Waals surface area contributed by atoms with Crippen LogP contribution in [-0.4, -0.2) is 28.9 Å². The molecule has 7 nitrogen and oxygen atoms in total. The maximum Gasteiger partial charge on any atom is 0.271 e. The molecule has 0 spiro atoms. The highest BCUT2D eigenvalue weighted by Crippen LogP contribution is 2.45. The number of anilines is 2. The molecule has 1 aliphatic heterocycles. The van der Waals surface area contributed by atoms with Gasteiger partial charge in [0, 0.05) is 27.5 Å². The number of rotatable bonds is 4. The first-order chi connectivity index (χ1) is 17.4. The van der Waals surface area contributed by atoms with E-state index in [4.69, 9.17) is 4.74 Å². The van der Waals surface area contributed by atoms with Gasteiger partial charge in [-0.2, -0.15) is 0 Å². The molecule has 0 saturated carbocycles. The number of halogens is 1. The number of carbonyl (C=O) groups is 2. The van der Waals surface area contributed by atoms with Gasteiger partial charge in [0.2, 0.25) is 0 Å². The Morgan fingerprint density at radius 3 is 2.58 bits per heavy atom. The predicted molar refractivity (Wildman–Crippen MR) is 135 cm³/mol. The third-order valence-electron chi connectivity index (χ3n) is 6.69. The molecule has 0 radical (unpaired) electrons. The minimum Gasteiger partial charge on any atom is -0.497 e. The van der Waals surface area contributed by atoms with Crippen LogP contribution in [0.2, 0.25) is 0 Å². The molecule has 0 fully saturated rings. The molecule has 1 aliphatic rings. The van der Waals surface area contributed by atoms with Gasteiger partial charge in [0.25, 0.3) is 11.8 Å². The third-order valence-corrected chi connectivity index (χ3v) is 6.69. The van der Waals surface area contributed by atoms with Crippen LogP contribution in [-0.2, 0) is 10.3 Å². The fraction of sp³-hybridized carbons (Fsp3) is 0.107. The van der Waals surface area contributed by atoms with Gasteiger partial charge in [-0.25, -0.2) is 9.37 Å². The van der Waals surface area contributed by atoms with Crippen LogP contribution in [0.5, 0.6) is 5.75 Å². The van der Waals surface area contributed by atoms with Crippen LogP contribution in [0.1, 0.15) is 23.0 Å². The number of amides is 2. The van der Waals surface area contributed by atoms with Gasteiger partial charge in [-0.05, 0) is 61.5 Å². The third kappa shape index (κ3) is 3.22. The summed E-state index contributed by atoms with van der Waals surface area (Å²) in [4.78, 5) is 36.4. The van der Waals surface area contributed by atoms with Crippen molar-refractivity contribution < 1.29 is 18.7 Å². The standard InChI is InChI=1S/C28H21FN4O3/c1-28(32-26(34)23-14-20-19-5-3-4-6-22(19)31-24(20)15-30-23)21-13-18(36-2)11-12-25(21)33(27(28)35)17-9-7-16(29)8-10-17/h3-15,31H,1-2H3,(H,32,34). The lowest BCUT2D eigenvalue weighted by Crippen LogP contribution is -2.50. The summed E-state index contributed by atoms with van der Waals surface area (Å²) < 4.78 is 19.0. The van der Waals surface area contributed by atoms with Crippen molar-refractivity contribution in [1.82, 2.24) is 15.3 Å². The molecule has 2 aromatic heterocycles. The number of aromatic nitrogens is 2. The molecule has 2 N–H and O–H groups in total. The lowest BCUT2D eigenvalue weighted by molar-refractivity contribution is -0.122. The summed E-state index contributed by atoms with van der Waals surface area (Å²) in [5, 5.41) is 4.75. The maximum atomic E-state index is 13.8. The summed E-state index contributed by atoms with van der Waals surface area (Å²) in [7, 11) is 1.53. The topological polar surface area (TPSA) is 87.3 Å². The molecule has 0 saturated heterocycles. The number of methoxy groups -OCH3 is 1. The van der Waals surface area contributed by atoms with E-state index in [2.05, 4.69) is 15.3 Å². The largest absolute Gasteiger partial charge is 0.497 e. The monoisotopic (exact) mass is 480 g/mol. The van der Waals surface area contributed by atoms with Gasteiger partial charge in [0.05, 0.1) is 24.5 Å². The molecule has 2 amide bonds. The maximum absolute atomic E-state index is 13.8. The van der Waals surface area contributed by atoms with Crippen LogP contribution in [0, 0.1) is 5.82 Å². The van der Waals surface area contributed by atoms with Crippen LogP contribution >= 0.6 is 0 Å². The van der Waals surface area contributed by atoms with Crippen LogP contribution in [0.15, 0.2) is 79.0 Å². The molecule has 3 aromatic carbocycles. The first kappa shape index (κ1) is 21.8. The summed E-state index contributed by atoms with van der Waals surface area (Å²) in [6.07, 6.45) is 1.62. The lowest BCUT2D eigenvalue weighted by atomic mass is 9.93. The number of hydrogen-bond donors (Lipinski definition) is 2. The summed E-state index contributed by atoms with van der Waals surface area (Å²) in [5.41, 5.74) is 2.17. The van der Waals surface area contributed by atoms with E-state index in [0.717, 1.165) is 21.8 Å². The number of benzene rings is 3. The Morgan fingerprint density at radius 1 is 1.03 bits per heavy atom. The highest BCUT2D eigenvalue weighted by molar-refractivity contribution is 6.15. The number of pyridine rings is 1. The van der Waals surface area contributed by atoms with Crippen molar-refractivity contribution in [3.05, 3.63) is 96.1 Å². The van der Waals surface area contributed by atoms with Crippen LogP contribution in [0.25, 0.3) is 21.8 Å². The molecule has 1 atom stereocenters. The Bertz CT molecular complexity index is 1680. The molecule has 5 aromatic rings. The highest BCUT2D eigenvalue weighted by atomic mass is 19.1. The zero-order valence-corrected chi connectivity index (χ0v) is 19.5. The van der Waals surface area contributed by atoms with Crippen LogP contribution in [0.4, 0.5) is 15.8 Å². The molecule has 0 aliphatic carbocycles. The number of nitrogens with one attached hydrogen (secondary N) is 2. The van der Waals surface area contributed by atoms with E-state index < -0.39 is 17.3 Å². The van der Waals surface area contributed by atoms with Crippen molar-refractivity contribution in [3.8, 4) is 5.75 Å². The predicted octanol–water partition coefficient (Wildman–Crippen LogP) is 5.19. The van der Waals surface area contributed by atoms with Gasteiger partial charge in [-0.3, -0.25) is 14.5 Å². The van der Waals surface area contributed by atoms with E-state index in [1.165, 1.54) is 36.3 Å². The van der Waals surface area contributed by atoms with E-state index in [0.29, 0.717) is 22.7 Å². The van der Waals surface area contributed by atoms with E-state index in [-0.39, 0.29) is 11.6 Å². The molecule has 8 heteroatoms. The highest BCUT2D eigenvalue weighted by Gasteiger charge is 2.49. The summed E-state index contributed by atoms with van der Waals surface area (Å²) in [6, 6.07) is 20.4. The van der Waals surface area contributed by atoms with E-state index in [1.54, 1.807) is 37.4 Å². The minimum atomic E-state index is -1.41. The zero-order chi connectivity index (χ0) is 25.0. The number of carbonyl (C=O) groups excluding carboxylic acids is 2. The molecule has 3 heterocycles. The van der Waals surface area contributed by atoms with Gasteiger partial charge >= 0.3 is 0 Å². The Balaban J connectivity index is 1.42. The van der Waals surface area contributed by atoms with Crippen molar-refractivity contribution in [3.63, 3.8) is 0 Å². The molecule has 6 rings (SSSR count). The number of H-pyrrole nitrogens is 1. The number of aromatic amines is 1. The summed E-state index contributed by atoms with van der Waals surface area (Å²) >= 11 is 0. The first-order valence-electron chi connectivity index (χ1n) is 11.4. The zero-order valence-electron chi connectivity index (χ0n) is 19.5. The minimum absolute atomic E-state index is 0.186. The second kappa shape index (κ2) is 7.91. The SMILES string of the molecule is COc1ccc2c(c1)C(C)(NC(=O)c1cc3c(cn1)[nH]c1ccccc13)C(=O)N2c1ccc(F)cc1. The molecular formula is C28H21FN4O3. The fourth-order valence-electron chi connectivity index (χ4n) is 4.82. The quantitative estimate of drug-likeness (QED) is 0.371. The number of ether oxygens (including phenoxy) is 1. The number of para-hydroxylation sites is 1. The van der Waals surface area contributed by atoms with E-state index >= 15 is 0 Å². The van der Waals surface area contributed by atoms with Crippen molar-refractivity contribution >= 4 is 45.0 Å². The number of hydrogen-bond acceptors (Lipinski definition) is 4. The molecular weight excluding hydrogens is 459 g/mol.